The zero-order chi connectivity index (χ0) is 16.4. The molecule has 2 rings (SSSR count). The minimum atomic E-state index is -4.65. The average molecular weight is 333 g/mol. The van der Waals surface area contributed by atoms with Gasteiger partial charge in [-0.05, 0) is 24.3 Å². The van der Waals surface area contributed by atoms with E-state index in [4.69, 9.17) is 0 Å². The van der Waals surface area contributed by atoms with Crippen LogP contribution in [0.2, 0.25) is 0 Å². The number of hydrogen-bond acceptors (Lipinski definition) is 2. The number of alkyl halides is 3. The molecule has 0 bridgehead atoms. The van der Waals surface area contributed by atoms with Gasteiger partial charge < -0.3 is 0 Å². The summed E-state index contributed by atoms with van der Waals surface area (Å²) in [6, 6.07) is 9.33. The van der Waals surface area contributed by atoms with Crippen LogP contribution in [0.25, 0.3) is 0 Å². The van der Waals surface area contributed by atoms with Gasteiger partial charge in [-0.3, -0.25) is 0 Å². The van der Waals surface area contributed by atoms with Crippen molar-refractivity contribution < 1.29 is 26.0 Å². The summed E-state index contributed by atoms with van der Waals surface area (Å²) in [4.78, 5) is -0.0117. The molecule has 8 heteroatoms. The summed E-state index contributed by atoms with van der Waals surface area (Å²) in [6.45, 7) is -0.443. The standard InChI is InChI=1S/C14H11F4NO2S/c15-13-8-11(14(16,17)18)7-6-10(13)9-19-22(20,21)12-4-2-1-3-5-12/h1-8,19H,9H2. The van der Waals surface area contributed by atoms with E-state index in [1.165, 1.54) is 24.3 Å². The topological polar surface area (TPSA) is 46.2 Å². The summed E-state index contributed by atoms with van der Waals surface area (Å²) < 4.78 is 76.9. The second-order valence-corrected chi connectivity index (χ2v) is 6.21. The fraction of sp³-hybridized carbons (Fsp3) is 0.143. The molecule has 3 nitrogen and oxygen atoms in total. The summed E-state index contributed by atoms with van der Waals surface area (Å²) in [5, 5.41) is 0. The summed E-state index contributed by atoms with van der Waals surface area (Å²) in [5.74, 6) is -1.12. The van der Waals surface area contributed by atoms with E-state index in [1.54, 1.807) is 6.07 Å². The van der Waals surface area contributed by atoms with Crippen LogP contribution in [0.1, 0.15) is 11.1 Å². The van der Waals surface area contributed by atoms with Gasteiger partial charge >= 0.3 is 6.18 Å². The van der Waals surface area contributed by atoms with Crippen molar-refractivity contribution in [1.82, 2.24) is 4.72 Å². The molecule has 0 aliphatic heterocycles. The van der Waals surface area contributed by atoms with Gasteiger partial charge in [0.2, 0.25) is 10.0 Å². The molecule has 2 aromatic rings. The number of sulfonamides is 1. The summed E-state index contributed by atoms with van der Waals surface area (Å²) in [6.07, 6.45) is -4.65. The second-order valence-electron chi connectivity index (χ2n) is 4.44. The van der Waals surface area contributed by atoms with Gasteiger partial charge in [0, 0.05) is 12.1 Å². The third kappa shape index (κ3) is 3.83. The Balaban J connectivity index is 2.16. The van der Waals surface area contributed by atoms with Gasteiger partial charge in [-0.15, -0.1) is 0 Å². The molecule has 0 unspecified atom stereocenters. The Morgan fingerprint density at radius 2 is 1.64 bits per heavy atom. The van der Waals surface area contributed by atoms with Gasteiger partial charge in [0.1, 0.15) is 5.82 Å². The van der Waals surface area contributed by atoms with E-state index in [2.05, 4.69) is 4.72 Å². The van der Waals surface area contributed by atoms with Crippen LogP contribution in [-0.4, -0.2) is 8.42 Å². The lowest BCUT2D eigenvalue weighted by Crippen LogP contribution is -2.23. The van der Waals surface area contributed by atoms with Crippen molar-refractivity contribution in [3.05, 3.63) is 65.5 Å². The number of rotatable bonds is 4. The Bertz CT molecular complexity index is 758. The maximum absolute atomic E-state index is 13.6. The normalized spacial score (nSPS) is 12.4. The molecule has 22 heavy (non-hydrogen) atoms. The number of nitrogens with one attached hydrogen (secondary N) is 1. The van der Waals surface area contributed by atoms with Crippen molar-refractivity contribution >= 4 is 10.0 Å². The van der Waals surface area contributed by atoms with Crippen LogP contribution in [0, 0.1) is 5.82 Å². The predicted molar refractivity (Wildman–Crippen MR) is 71.9 cm³/mol. The lowest BCUT2D eigenvalue weighted by atomic mass is 10.1. The van der Waals surface area contributed by atoms with E-state index in [9.17, 15) is 26.0 Å². The molecule has 0 radical (unpaired) electrons. The lowest BCUT2D eigenvalue weighted by molar-refractivity contribution is -0.137. The van der Waals surface area contributed by atoms with Crippen molar-refractivity contribution in [1.29, 1.82) is 0 Å². The highest BCUT2D eigenvalue weighted by atomic mass is 32.2. The van der Waals surface area contributed by atoms with Crippen LogP contribution < -0.4 is 4.72 Å². The van der Waals surface area contributed by atoms with Gasteiger partial charge in [0.15, 0.2) is 0 Å². The molecule has 0 aliphatic rings. The van der Waals surface area contributed by atoms with Gasteiger partial charge in [-0.2, -0.15) is 13.2 Å². The number of halogens is 4. The molecule has 0 atom stereocenters. The fourth-order valence-corrected chi connectivity index (χ4v) is 2.75. The first-order chi connectivity index (χ1) is 10.2. The monoisotopic (exact) mass is 333 g/mol. The van der Waals surface area contributed by atoms with Gasteiger partial charge in [-0.25, -0.2) is 17.5 Å². The Morgan fingerprint density at radius 1 is 1.00 bits per heavy atom. The lowest BCUT2D eigenvalue weighted by Gasteiger charge is -2.10. The van der Waals surface area contributed by atoms with Crippen LogP contribution in [0.5, 0.6) is 0 Å². The quantitative estimate of drug-likeness (QED) is 0.873. The van der Waals surface area contributed by atoms with Crippen molar-refractivity contribution in [2.75, 3.05) is 0 Å². The van der Waals surface area contributed by atoms with Crippen molar-refractivity contribution in [3.63, 3.8) is 0 Å². The number of benzene rings is 2. The Labute approximate surface area is 124 Å². The van der Waals surface area contributed by atoms with Crippen molar-refractivity contribution in [3.8, 4) is 0 Å². The van der Waals surface area contributed by atoms with E-state index in [0.717, 1.165) is 6.07 Å². The van der Waals surface area contributed by atoms with Crippen LogP contribution in [-0.2, 0) is 22.7 Å². The Morgan fingerprint density at radius 3 is 2.18 bits per heavy atom. The Kier molecular flexibility index (Phi) is 4.52. The maximum atomic E-state index is 13.6. The zero-order valence-corrected chi connectivity index (χ0v) is 11.9. The highest BCUT2D eigenvalue weighted by Crippen LogP contribution is 2.30. The largest absolute Gasteiger partial charge is 0.416 e. The smallest absolute Gasteiger partial charge is 0.207 e. The van der Waals surface area contributed by atoms with Crippen LogP contribution in [0.4, 0.5) is 17.6 Å². The predicted octanol–water partition coefficient (Wildman–Crippen LogP) is 3.32. The highest BCUT2D eigenvalue weighted by Gasteiger charge is 2.31. The minimum absolute atomic E-state index is 0.0117. The molecule has 0 aromatic heterocycles. The van der Waals surface area contributed by atoms with E-state index in [0.29, 0.717) is 12.1 Å². The Hall–Kier alpha value is -1.93. The van der Waals surface area contributed by atoms with E-state index in [1.807, 2.05) is 0 Å². The molecule has 2 aromatic carbocycles. The summed E-state index contributed by atoms with van der Waals surface area (Å²) in [7, 11) is -3.85. The third-order valence-electron chi connectivity index (χ3n) is 2.89. The SMILES string of the molecule is O=S(=O)(NCc1ccc(C(F)(F)F)cc1F)c1ccccc1. The molecule has 1 N–H and O–H groups in total. The second kappa shape index (κ2) is 6.05. The van der Waals surface area contributed by atoms with Crippen LogP contribution in [0.3, 0.4) is 0 Å². The molecule has 0 fully saturated rings. The molecule has 0 saturated carbocycles. The molecule has 0 saturated heterocycles. The molecule has 118 valence electrons. The van der Waals surface area contributed by atoms with Crippen LogP contribution >= 0.6 is 0 Å². The van der Waals surface area contributed by atoms with Crippen molar-refractivity contribution in [2.24, 2.45) is 0 Å². The summed E-state index contributed by atoms with van der Waals surface area (Å²) in [5.41, 5.74) is -1.30. The van der Waals surface area contributed by atoms with Crippen molar-refractivity contribution in [2.45, 2.75) is 17.6 Å². The average Bonchev–Trinajstić information content (AvgIpc) is 2.46. The van der Waals surface area contributed by atoms with E-state index in [-0.39, 0.29) is 10.5 Å². The molecule has 0 amide bonds. The van der Waals surface area contributed by atoms with Crippen LogP contribution in [0.15, 0.2) is 53.4 Å². The molecule has 0 heterocycles. The number of hydrogen-bond donors (Lipinski definition) is 1. The van der Waals surface area contributed by atoms with Gasteiger partial charge in [0.05, 0.1) is 10.5 Å². The molecule has 0 spiro atoms. The third-order valence-corrected chi connectivity index (χ3v) is 4.30. The fourth-order valence-electron chi connectivity index (χ4n) is 1.72. The first-order valence-corrected chi connectivity index (χ1v) is 7.59. The molecular weight excluding hydrogens is 322 g/mol. The van der Waals surface area contributed by atoms with Gasteiger partial charge in [-0.1, -0.05) is 24.3 Å². The first kappa shape index (κ1) is 16.4. The van der Waals surface area contributed by atoms with E-state index >= 15 is 0 Å². The highest BCUT2D eigenvalue weighted by molar-refractivity contribution is 7.89. The van der Waals surface area contributed by atoms with Gasteiger partial charge in [0.25, 0.3) is 0 Å². The maximum Gasteiger partial charge on any atom is 0.416 e. The molecular formula is C14H11F4NO2S. The minimum Gasteiger partial charge on any atom is -0.207 e. The molecule has 0 aliphatic carbocycles. The first-order valence-electron chi connectivity index (χ1n) is 6.10. The van der Waals surface area contributed by atoms with E-state index < -0.39 is 34.1 Å². The zero-order valence-electron chi connectivity index (χ0n) is 11.1. The summed E-state index contributed by atoms with van der Waals surface area (Å²) >= 11 is 0.